The van der Waals surface area contributed by atoms with Crippen LogP contribution >= 0.6 is 11.6 Å². The second-order valence-corrected chi connectivity index (χ2v) is 12.9. The summed E-state index contributed by atoms with van der Waals surface area (Å²) in [5, 5.41) is 16.9. The van der Waals surface area contributed by atoms with Crippen molar-refractivity contribution in [1.29, 1.82) is 0 Å². The molecule has 1 aliphatic heterocycles. The molecule has 4 fully saturated rings. The molecule has 0 radical (unpaired) electrons. The van der Waals surface area contributed by atoms with Crippen LogP contribution in [-0.4, -0.2) is 65.5 Å². The highest BCUT2D eigenvalue weighted by atomic mass is 35.5. The summed E-state index contributed by atoms with van der Waals surface area (Å²) < 4.78 is 33.2. The molecule has 6 rings (SSSR count). The van der Waals surface area contributed by atoms with Crippen molar-refractivity contribution in [3.63, 3.8) is 0 Å². The molecule has 206 valence electrons. The van der Waals surface area contributed by atoms with Crippen LogP contribution in [0, 0.1) is 34.5 Å². The minimum atomic E-state index is -2.18. The van der Waals surface area contributed by atoms with Gasteiger partial charge in [0.25, 0.3) is 5.91 Å². The van der Waals surface area contributed by atoms with Crippen LogP contribution in [0.5, 0.6) is 0 Å². The fraction of sp³-hybridized carbons (Fsp3) is 0.655. The first-order chi connectivity index (χ1) is 17.9. The number of rotatable bonds is 3. The molecule has 6 aliphatic rings. The van der Waals surface area contributed by atoms with E-state index in [0.29, 0.717) is 24.5 Å². The molecule has 1 unspecified atom stereocenters. The highest BCUT2D eigenvalue weighted by Crippen LogP contribution is 2.72. The number of fused-ring (bicyclic) bond motifs is 7. The Morgan fingerprint density at radius 3 is 2.74 bits per heavy atom. The number of likely N-dealkylation sites (N-methyl/N-ethyl adjacent to an activating group) is 1. The Morgan fingerprint density at radius 1 is 1.29 bits per heavy atom. The van der Waals surface area contributed by atoms with Crippen molar-refractivity contribution in [3.8, 4) is 0 Å². The number of ketones is 1. The Balaban J connectivity index is 1.37. The molecule has 38 heavy (non-hydrogen) atoms. The molecule has 9 heteroatoms. The van der Waals surface area contributed by atoms with Gasteiger partial charge in [-0.2, -0.15) is 5.06 Å². The number of halogens is 3. The lowest BCUT2D eigenvalue weighted by Gasteiger charge is -2.63. The van der Waals surface area contributed by atoms with Crippen LogP contribution in [0.4, 0.5) is 8.78 Å². The quantitative estimate of drug-likeness (QED) is 0.558. The molecule has 1 heterocycles. The average Bonchev–Trinajstić information content (AvgIpc) is 3.35. The van der Waals surface area contributed by atoms with Gasteiger partial charge in [-0.1, -0.05) is 36.8 Å². The zero-order chi connectivity index (χ0) is 27.3. The summed E-state index contributed by atoms with van der Waals surface area (Å²) >= 11 is 6.08. The van der Waals surface area contributed by atoms with Crippen molar-refractivity contribution in [2.45, 2.75) is 63.1 Å². The zero-order valence-corrected chi connectivity index (χ0v) is 22.7. The van der Waals surface area contributed by atoms with Crippen molar-refractivity contribution in [1.82, 2.24) is 10.4 Å². The van der Waals surface area contributed by atoms with E-state index in [-0.39, 0.29) is 47.9 Å². The molecule has 6 nitrogen and oxygen atoms in total. The average molecular weight is 549 g/mol. The molecule has 2 N–H and O–H groups in total. The molecule has 1 saturated heterocycles. The first-order valence-electron chi connectivity index (χ1n) is 13.6. The largest absolute Gasteiger partial charge is 0.390 e. The lowest BCUT2D eigenvalue weighted by Crippen LogP contribution is -2.71. The number of amides is 1. The van der Waals surface area contributed by atoms with Gasteiger partial charge in [0.1, 0.15) is 6.17 Å². The molecule has 10 atom stereocenters. The second-order valence-electron chi connectivity index (χ2n) is 12.5. The molecular weight excluding hydrogens is 514 g/mol. The number of hydrogen-bond acceptors (Lipinski definition) is 5. The van der Waals surface area contributed by atoms with E-state index in [1.54, 1.807) is 14.0 Å². The van der Waals surface area contributed by atoms with Crippen LogP contribution in [0.15, 0.2) is 47.1 Å². The molecule has 5 aliphatic carbocycles. The van der Waals surface area contributed by atoms with E-state index in [4.69, 9.17) is 16.4 Å². The van der Waals surface area contributed by atoms with E-state index in [0.717, 1.165) is 6.42 Å². The predicted octanol–water partition coefficient (Wildman–Crippen LogP) is 3.96. The summed E-state index contributed by atoms with van der Waals surface area (Å²) in [4.78, 5) is 32.3. The third-order valence-corrected chi connectivity index (χ3v) is 11.1. The minimum absolute atomic E-state index is 0.00822. The number of aliphatic hydroxyl groups is 1. The van der Waals surface area contributed by atoms with E-state index in [1.807, 2.05) is 30.2 Å². The number of carbonyl (C=O) groups excluding carboxylic acids is 2. The Kier molecular flexibility index (Phi) is 5.94. The highest BCUT2D eigenvalue weighted by molar-refractivity contribution is 6.31. The van der Waals surface area contributed by atoms with Crippen molar-refractivity contribution in [2.24, 2.45) is 34.5 Å². The van der Waals surface area contributed by atoms with Crippen LogP contribution in [0.3, 0.4) is 0 Å². The van der Waals surface area contributed by atoms with Crippen molar-refractivity contribution in [3.05, 3.63) is 47.1 Å². The number of aliphatic hydroxyl groups excluding tert-OH is 1. The zero-order valence-electron chi connectivity index (χ0n) is 21.9. The number of hydrogen-bond donors (Lipinski definition) is 2. The van der Waals surface area contributed by atoms with Gasteiger partial charge in [0.2, 0.25) is 0 Å². The predicted molar refractivity (Wildman–Crippen MR) is 138 cm³/mol. The van der Waals surface area contributed by atoms with Gasteiger partial charge in [-0.05, 0) is 68.2 Å². The Bertz CT molecular complexity index is 1200. The highest BCUT2D eigenvalue weighted by Gasteiger charge is 2.79. The fourth-order valence-electron chi connectivity index (χ4n) is 9.04. The smallest absolute Gasteiger partial charge is 0.255 e. The Hall–Kier alpha value is -1.87. The maximum Gasteiger partial charge on any atom is 0.255 e. The lowest BCUT2D eigenvalue weighted by atomic mass is 9.44. The third-order valence-electron chi connectivity index (χ3n) is 10.8. The van der Waals surface area contributed by atoms with Crippen LogP contribution < -0.4 is 5.32 Å². The number of allylic oxidation sites excluding steroid dienone is 7. The van der Waals surface area contributed by atoms with Gasteiger partial charge in [0, 0.05) is 47.8 Å². The van der Waals surface area contributed by atoms with E-state index in [9.17, 15) is 14.7 Å². The maximum absolute atomic E-state index is 17.4. The standard InChI is InChI=1S/C29H35ClF2N2O4/c1-26-9-8-19(35)11-22(26)23(31)12-21-20-10-17-15-34(14-16-4-6-18(30)7-5-16)38-29(17,25(37)33-3)27(20,2)13-24(36)28(21,26)32/h4,6-9,11,16-17,20-21,23-24,36H,5,10,12-15H2,1-3H3,(H,33,37)/t16?,17-,20-,21-,23-,24-,26-,27-,28-,29-/m0/s1. The number of alkyl halides is 2. The van der Waals surface area contributed by atoms with Gasteiger partial charge in [-0.15, -0.1) is 0 Å². The Labute approximate surface area is 226 Å². The van der Waals surface area contributed by atoms with Crippen LogP contribution in [-0.2, 0) is 14.4 Å². The molecule has 3 saturated carbocycles. The molecular formula is C29H35ClF2N2O4. The Morgan fingerprint density at radius 2 is 2.05 bits per heavy atom. The van der Waals surface area contributed by atoms with E-state index < -0.39 is 40.3 Å². The lowest BCUT2D eigenvalue weighted by molar-refractivity contribution is -0.268. The summed E-state index contributed by atoms with van der Waals surface area (Å²) in [5.41, 5.74) is -5.76. The molecule has 1 amide bonds. The summed E-state index contributed by atoms with van der Waals surface area (Å²) in [6, 6.07) is 0. The number of nitrogens with zero attached hydrogens (tertiary/aromatic N) is 1. The van der Waals surface area contributed by atoms with Gasteiger partial charge < -0.3 is 10.4 Å². The van der Waals surface area contributed by atoms with Gasteiger partial charge in [-0.25, -0.2) is 8.78 Å². The van der Waals surface area contributed by atoms with Gasteiger partial charge in [-0.3, -0.25) is 14.4 Å². The van der Waals surface area contributed by atoms with E-state index >= 15 is 8.78 Å². The molecule has 0 aromatic rings. The third kappa shape index (κ3) is 3.20. The minimum Gasteiger partial charge on any atom is -0.390 e. The SMILES string of the molecule is CNC(=O)[C@@]12ON(CC3C=CC(Cl)=CC3)C[C@@H]1C[C@H]1[C@@H]3C[C@H](F)C4=CC(=O)C=C[C@]4(C)[C@@]3(F)[C@@H](O)C[C@@]12C. The molecule has 0 spiro atoms. The van der Waals surface area contributed by atoms with Crippen LogP contribution in [0.25, 0.3) is 0 Å². The van der Waals surface area contributed by atoms with Crippen molar-refractivity contribution in [2.75, 3.05) is 20.1 Å². The van der Waals surface area contributed by atoms with Crippen molar-refractivity contribution < 1.29 is 28.3 Å². The monoisotopic (exact) mass is 548 g/mol. The molecule has 0 aromatic carbocycles. The van der Waals surface area contributed by atoms with Gasteiger partial charge in [0.15, 0.2) is 17.1 Å². The summed E-state index contributed by atoms with van der Waals surface area (Å²) in [6.45, 7) is 4.56. The number of carbonyl (C=O) groups is 2. The second kappa shape index (κ2) is 8.56. The summed E-state index contributed by atoms with van der Waals surface area (Å²) in [5.74, 6) is -1.97. The summed E-state index contributed by atoms with van der Waals surface area (Å²) in [6.07, 6.45) is 7.89. The van der Waals surface area contributed by atoms with E-state index in [2.05, 4.69) is 5.32 Å². The topological polar surface area (TPSA) is 78.9 Å². The molecule has 0 bridgehead atoms. The van der Waals surface area contributed by atoms with Gasteiger partial charge in [0.05, 0.1) is 6.10 Å². The maximum atomic E-state index is 17.4. The van der Waals surface area contributed by atoms with Crippen LogP contribution in [0.2, 0.25) is 0 Å². The van der Waals surface area contributed by atoms with Gasteiger partial charge >= 0.3 is 0 Å². The first kappa shape index (κ1) is 26.4. The normalized spacial score (nSPS) is 49.5. The molecule has 0 aromatic heterocycles. The number of nitrogens with one attached hydrogen (secondary N) is 1. The van der Waals surface area contributed by atoms with Crippen molar-refractivity contribution >= 4 is 23.3 Å². The first-order valence-corrected chi connectivity index (χ1v) is 13.9. The van der Waals surface area contributed by atoms with E-state index in [1.165, 1.54) is 18.2 Å². The fourth-order valence-corrected chi connectivity index (χ4v) is 9.20. The summed E-state index contributed by atoms with van der Waals surface area (Å²) in [7, 11) is 1.56. The number of hydroxylamine groups is 2. The van der Waals surface area contributed by atoms with Crippen LogP contribution in [0.1, 0.15) is 39.5 Å².